The van der Waals surface area contributed by atoms with Gasteiger partial charge in [-0.3, -0.25) is 4.79 Å². The van der Waals surface area contributed by atoms with E-state index in [1.165, 1.54) is 6.42 Å². The number of ether oxygens (including phenoxy) is 1. The van der Waals surface area contributed by atoms with Gasteiger partial charge in [0.05, 0.1) is 6.61 Å². The number of aliphatic hydroxyl groups is 1. The van der Waals surface area contributed by atoms with Crippen molar-refractivity contribution in [1.82, 2.24) is 10.1 Å². The lowest BCUT2D eigenvalue weighted by molar-refractivity contribution is 0.0574. The molecule has 2 rings (SSSR count). The first-order chi connectivity index (χ1) is 9.76. The number of nitrogens with zero attached hydrogens (tertiary/aromatic N) is 2. The third-order valence-corrected chi connectivity index (χ3v) is 3.68. The van der Waals surface area contributed by atoms with Crippen LogP contribution in [0.4, 0.5) is 0 Å². The van der Waals surface area contributed by atoms with E-state index in [1.54, 1.807) is 18.1 Å². The number of aliphatic hydroxyl groups excluding tert-OH is 1. The molecule has 0 saturated heterocycles. The second-order valence-electron chi connectivity index (χ2n) is 5.13. The van der Waals surface area contributed by atoms with Crippen LogP contribution in [0.2, 0.25) is 0 Å². The normalized spacial score (nSPS) is 16.3. The maximum atomic E-state index is 12.5. The highest BCUT2D eigenvalue weighted by Crippen LogP contribution is 2.24. The van der Waals surface area contributed by atoms with Crippen molar-refractivity contribution in [3.05, 3.63) is 17.5 Å². The molecule has 1 heterocycles. The minimum Gasteiger partial charge on any atom is -0.395 e. The van der Waals surface area contributed by atoms with Gasteiger partial charge in [0.1, 0.15) is 6.61 Å². The van der Waals surface area contributed by atoms with Crippen molar-refractivity contribution in [3.63, 3.8) is 0 Å². The summed E-state index contributed by atoms with van der Waals surface area (Å²) in [5.74, 6) is 0.362. The first kappa shape index (κ1) is 15.0. The average molecular weight is 282 g/mol. The molecule has 6 nitrogen and oxygen atoms in total. The van der Waals surface area contributed by atoms with E-state index in [4.69, 9.17) is 9.26 Å². The second-order valence-corrected chi connectivity index (χ2v) is 5.13. The Bertz CT molecular complexity index is 427. The van der Waals surface area contributed by atoms with E-state index >= 15 is 0 Å². The summed E-state index contributed by atoms with van der Waals surface area (Å²) in [4.78, 5) is 14.2. The zero-order valence-corrected chi connectivity index (χ0v) is 11.9. The van der Waals surface area contributed by atoms with Gasteiger partial charge in [-0.2, -0.15) is 0 Å². The maximum Gasteiger partial charge on any atom is 0.276 e. The first-order valence-corrected chi connectivity index (χ1v) is 7.12. The third-order valence-electron chi connectivity index (χ3n) is 3.68. The molecule has 0 atom stereocenters. The molecule has 0 bridgehead atoms. The summed E-state index contributed by atoms with van der Waals surface area (Å²) in [5.41, 5.74) is 0.288. The zero-order chi connectivity index (χ0) is 14.4. The Morgan fingerprint density at radius 2 is 2.25 bits per heavy atom. The monoisotopic (exact) mass is 282 g/mol. The summed E-state index contributed by atoms with van der Waals surface area (Å²) < 4.78 is 10.0. The summed E-state index contributed by atoms with van der Waals surface area (Å²) >= 11 is 0. The predicted octanol–water partition coefficient (Wildman–Crippen LogP) is 1.59. The van der Waals surface area contributed by atoms with Gasteiger partial charge in [0.2, 0.25) is 0 Å². The fraction of sp³-hybridized carbons (Fsp3) is 0.714. The van der Waals surface area contributed by atoms with Crippen LogP contribution in [0.1, 0.15) is 48.4 Å². The second kappa shape index (κ2) is 7.40. The molecule has 6 heteroatoms. The number of methoxy groups -OCH3 is 1. The van der Waals surface area contributed by atoms with Crippen molar-refractivity contribution in [2.24, 2.45) is 0 Å². The molecular weight excluding hydrogens is 260 g/mol. The van der Waals surface area contributed by atoms with Crippen LogP contribution < -0.4 is 0 Å². The van der Waals surface area contributed by atoms with Crippen molar-refractivity contribution >= 4 is 5.91 Å². The van der Waals surface area contributed by atoms with Crippen molar-refractivity contribution in [1.29, 1.82) is 0 Å². The fourth-order valence-electron chi connectivity index (χ4n) is 2.72. The molecule has 0 spiro atoms. The third kappa shape index (κ3) is 3.58. The number of carbonyl (C=O) groups excluding carboxylic acids is 1. The van der Waals surface area contributed by atoms with Gasteiger partial charge in [-0.25, -0.2) is 0 Å². The number of hydrogen-bond acceptors (Lipinski definition) is 5. The van der Waals surface area contributed by atoms with Gasteiger partial charge in [0, 0.05) is 25.8 Å². The number of hydrogen-bond donors (Lipinski definition) is 1. The summed E-state index contributed by atoms with van der Waals surface area (Å²) in [6, 6.07) is 1.81. The molecule has 1 saturated carbocycles. The highest BCUT2D eigenvalue weighted by molar-refractivity contribution is 5.92. The largest absolute Gasteiger partial charge is 0.395 e. The maximum absolute atomic E-state index is 12.5. The van der Waals surface area contributed by atoms with Crippen LogP contribution in [-0.4, -0.2) is 47.4 Å². The van der Waals surface area contributed by atoms with E-state index in [0.29, 0.717) is 18.9 Å². The topological polar surface area (TPSA) is 75.8 Å². The van der Waals surface area contributed by atoms with Gasteiger partial charge in [0.25, 0.3) is 5.91 Å². The van der Waals surface area contributed by atoms with Crippen LogP contribution in [0.15, 0.2) is 10.6 Å². The molecule has 0 unspecified atom stereocenters. The van der Waals surface area contributed by atoms with E-state index in [2.05, 4.69) is 5.16 Å². The number of aromatic nitrogens is 1. The SMILES string of the molecule is COCc1cc(C(=O)N(CCO)C2CCCCC2)no1. The van der Waals surface area contributed by atoms with Crippen LogP contribution in [0, 0.1) is 0 Å². The molecule has 20 heavy (non-hydrogen) atoms. The molecule has 0 radical (unpaired) electrons. The van der Waals surface area contributed by atoms with Crippen LogP contribution in [0.3, 0.4) is 0 Å². The van der Waals surface area contributed by atoms with Gasteiger partial charge in [-0.05, 0) is 12.8 Å². The number of rotatable bonds is 6. The van der Waals surface area contributed by atoms with Crippen molar-refractivity contribution in [3.8, 4) is 0 Å². The summed E-state index contributed by atoms with van der Waals surface area (Å²) in [6.07, 6.45) is 5.48. The van der Waals surface area contributed by atoms with E-state index < -0.39 is 0 Å². The number of carbonyl (C=O) groups is 1. The quantitative estimate of drug-likeness (QED) is 0.857. The zero-order valence-electron chi connectivity index (χ0n) is 11.9. The fourth-order valence-corrected chi connectivity index (χ4v) is 2.72. The Morgan fingerprint density at radius 1 is 1.50 bits per heavy atom. The van der Waals surface area contributed by atoms with E-state index in [0.717, 1.165) is 25.7 Å². The Hall–Kier alpha value is -1.40. The van der Waals surface area contributed by atoms with Crippen molar-refractivity contribution in [2.45, 2.75) is 44.8 Å². The Morgan fingerprint density at radius 3 is 2.90 bits per heavy atom. The molecule has 1 aliphatic rings. The Balaban J connectivity index is 2.08. The minimum absolute atomic E-state index is 0.0367. The molecule has 1 aromatic heterocycles. The highest BCUT2D eigenvalue weighted by atomic mass is 16.5. The summed E-state index contributed by atoms with van der Waals surface area (Å²) in [6.45, 7) is 0.602. The lowest BCUT2D eigenvalue weighted by Crippen LogP contribution is -2.43. The van der Waals surface area contributed by atoms with Crippen LogP contribution >= 0.6 is 0 Å². The van der Waals surface area contributed by atoms with Crippen molar-refractivity contribution in [2.75, 3.05) is 20.3 Å². The molecule has 1 amide bonds. The Kier molecular flexibility index (Phi) is 5.55. The summed E-state index contributed by atoms with van der Waals surface area (Å²) in [5, 5.41) is 13.0. The molecule has 1 fully saturated rings. The van der Waals surface area contributed by atoms with Gasteiger partial charge in [-0.1, -0.05) is 24.4 Å². The smallest absolute Gasteiger partial charge is 0.276 e. The molecule has 1 aromatic rings. The lowest BCUT2D eigenvalue weighted by Gasteiger charge is -2.33. The number of amides is 1. The van der Waals surface area contributed by atoms with Crippen LogP contribution in [-0.2, 0) is 11.3 Å². The molecule has 0 aromatic carbocycles. The van der Waals surface area contributed by atoms with E-state index in [-0.39, 0.29) is 24.2 Å². The predicted molar refractivity (Wildman–Crippen MR) is 72.2 cm³/mol. The van der Waals surface area contributed by atoms with Gasteiger partial charge in [0.15, 0.2) is 11.5 Å². The average Bonchev–Trinajstić information content (AvgIpc) is 2.94. The Labute approximate surface area is 118 Å². The van der Waals surface area contributed by atoms with E-state index in [1.807, 2.05) is 0 Å². The van der Waals surface area contributed by atoms with Crippen LogP contribution in [0.25, 0.3) is 0 Å². The van der Waals surface area contributed by atoms with Crippen LogP contribution in [0.5, 0.6) is 0 Å². The summed E-state index contributed by atoms with van der Waals surface area (Å²) in [7, 11) is 1.56. The van der Waals surface area contributed by atoms with Gasteiger partial charge >= 0.3 is 0 Å². The molecule has 0 aliphatic heterocycles. The van der Waals surface area contributed by atoms with E-state index in [9.17, 15) is 9.90 Å². The molecule has 112 valence electrons. The molecule has 1 N–H and O–H groups in total. The standard InChI is InChI=1S/C14H22N2O4/c1-19-10-12-9-13(15-20-12)14(18)16(7-8-17)11-5-3-2-4-6-11/h9,11,17H,2-8,10H2,1H3. The lowest BCUT2D eigenvalue weighted by atomic mass is 9.94. The van der Waals surface area contributed by atoms with Gasteiger partial charge in [-0.15, -0.1) is 0 Å². The molecule has 1 aliphatic carbocycles. The molecular formula is C14H22N2O4. The van der Waals surface area contributed by atoms with Gasteiger partial charge < -0.3 is 19.3 Å². The van der Waals surface area contributed by atoms with Crippen molar-refractivity contribution < 1.29 is 19.2 Å². The minimum atomic E-state index is -0.169. The first-order valence-electron chi connectivity index (χ1n) is 7.12. The highest BCUT2D eigenvalue weighted by Gasteiger charge is 2.27.